The van der Waals surface area contributed by atoms with E-state index in [2.05, 4.69) is 14.6 Å². The van der Waals surface area contributed by atoms with Gasteiger partial charge in [-0.15, -0.1) is 10.2 Å². The molecule has 0 aliphatic carbocycles. The van der Waals surface area contributed by atoms with Gasteiger partial charge in [0.2, 0.25) is 0 Å². The van der Waals surface area contributed by atoms with Gasteiger partial charge in [0.1, 0.15) is 22.9 Å². The van der Waals surface area contributed by atoms with Crippen LogP contribution in [0.5, 0.6) is 17.2 Å². The van der Waals surface area contributed by atoms with Gasteiger partial charge in [-0.1, -0.05) is 11.6 Å². The number of hydrogen-bond donors (Lipinski definition) is 5. The van der Waals surface area contributed by atoms with E-state index in [-0.39, 0.29) is 37.8 Å². The summed E-state index contributed by atoms with van der Waals surface area (Å²) < 4.78 is 35.9. The van der Waals surface area contributed by atoms with Gasteiger partial charge < -0.3 is 15.3 Å². The van der Waals surface area contributed by atoms with Crippen LogP contribution in [0.15, 0.2) is 56.4 Å². The van der Waals surface area contributed by atoms with Gasteiger partial charge >= 0.3 is 0 Å². The van der Waals surface area contributed by atoms with Crippen molar-refractivity contribution in [1.29, 1.82) is 0 Å². The van der Waals surface area contributed by atoms with E-state index in [4.69, 9.17) is 16.9 Å². The van der Waals surface area contributed by atoms with Crippen LogP contribution in [-0.2, 0) is 14.5 Å². The number of rotatable bonds is 5. The highest BCUT2D eigenvalue weighted by molar-refractivity contribution is 7.94. The Morgan fingerprint density at radius 2 is 1.72 bits per heavy atom. The van der Waals surface area contributed by atoms with Crippen LogP contribution in [0.4, 0.5) is 11.4 Å². The Morgan fingerprint density at radius 1 is 1.00 bits per heavy atom. The molecule has 0 saturated carbocycles. The Morgan fingerprint density at radius 3 is 2.38 bits per heavy atom. The number of nitrogens with zero attached hydrogens (tertiary/aromatic N) is 2. The average Bonchev–Trinajstić information content (AvgIpc) is 2.63. The second kappa shape index (κ2) is 8.02. The second-order valence-corrected chi connectivity index (χ2v) is 8.19. The molecule has 3 rings (SSSR count). The largest absolute Gasteiger partial charge is 0.507 e. The zero-order chi connectivity index (χ0) is 21.3. The molecule has 3 aromatic carbocycles. The summed E-state index contributed by atoms with van der Waals surface area (Å²) in [4.78, 5) is -0.629. The van der Waals surface area contributed by atoms with Crippen molar-refractivity contribution >= 4 is 55.9 Å². The van der Waals surface area contributed by atoms with Crippen LogP contribution in [0.3, 0.4) is 0 Å². The Bertz CT molecular complexity index is 1250. The van der Waals surface area contributed by atoms with Crippen molar-refractivity contribution in [3.05, 3.63) is 41.4 Å². The lowest BCUT2D eigenvalue weighted by atomic mass is 10.1. The highest BCUT2D eigenvalue weighted by atomic mass is 35.5. The second-order valence-electron chi connectivity index (χ2n) is 5.58. The van der Waals surface area contributed by atoms with Crippen molar-refractivity contribution in [3.63, 3.8) is 0 Å². The Labute approximate surface area is 172 Å². The SMILES string of the molecule is O=S(=O)(O)c1cc(O)c2c(O)c(N=Nc3cc(Cl)ccc3O)c(SOO)cc2c1. The molecule has 5 N–H and O–H groups in total. The van der Waals surface area contributed by atoms with Crippen LogP contribution < -0.4 is 0 Å². The fraction of sp³-hybridized carbons (Fsp3) is 0. The van der Waals surface area contributed by atoms with Gasteiger partial charge in [0.15, 0.2) is 5.75 Å². The Hall–Kier alpha value is -2.61. The Balaban J connectivity index is 2.24. The van der Waals surface area contributed by atoms with E-state index in [1.165, 1.54) is 24.3 Å². The first-order chi connectivity index (χ1) is 13.6. The van der Waals surface area contributed by atoms with E-state index in [1.54, 1.807) is 0 Å². The van der Waals surface area contributed by atoms with Crippen LogP contribution in [0.1, 0.15) is 0 Å². The van der Waals surface area contributed by atoms with Crippen LogP contribution in [-0.4, -0.2) is 33.5 Å². The molecule has 13 heteroatoms. The molecule has 0 aliphatic heterocycles. The molecule has 0 amide bonds. The fourth-order valence-corrected chi connectivity index (χ4v) is 3.64. The molecular formula is C16H11ClN2O8S2. The van der Waals surface area contributed by atoms with Crippen LogP contribution in [0, 0.1) is 0 Å². The van der Waals surface area contributed by atoms with E-state index in [0.29, 0.717) is 12.0 Å². The highest BCUT2D eigenvalue weighted by Gasteiger charge is 2.21. The third-order valence-corrected chi connectivity index (χ3v) is 5.35. The number of halogens is 1. The molecule has 0 aromatic heterocycles. The third-order valence-electron chi connectivity index (χ3n) is 3.72. The molecule has 0 spiro atoms. The normalized spacial score (nSPS) is 12.1. The predicted molar refractivity (Wildman–Crippen MR) is 104 cm³/mol. The number of fused-ring (bicyclic) bond motifs is 1. The molecule has 0 saturated heterocycles. The maximum atomic E-state index is 11.4. The lowest BCUT2D eigenvalue weighted by molar-refractivity contribution is -0.116. The van der Waals surface area contributed by atoms with Crippen LogP contribution >= 0.6 is 23.6 Å². The van der Waals surface area contributed by atoms with E-state index < -0.39 is 26.5 Å². The summed E-state index contributed by atoms with van der Waals surface area (Å²) in [5.41, 5.74) is -0.283. The third kappa shape index (κ3) is 4.37. The summed E-state index contributed by atoms with van der Waals surface area (Å²) in [5, 5.41) is 47.0. The molecule has 0 atom stereocenters. The first kappa shape index (κ1) is 21.1. The minimum absolute atomic E-state index is 0.000715. The van der Waals surface area contributed by atoms with Gasteiger partial charge in [-0.2, -0.15) is 12.8 Å². The predicted octanol–water partition coefficient (Wildman–Crippen LogP) is 4.77. The zero-order valence-corrected chi connectivity index (χ0v) is 16.4. The fourth-order valence-electron chi connectivity index (χ4n) is 2.47. The summed E-state index contributed by atoms with van der Waals surface area (Å²) in [5.74, 6) is -1.52. The van der Waals surface area contributed by atoms with Crippen molar-refractivity contribution in [1.82, 2.24) is 0 Å². The van der Waals surface area contributed by atoms with Crippen molar-refractivity contribution < 1.29 is 37.9 Å². The van der Waals surface area contributed by atoms with E-state index >= 15 is 0 Å². The number of benzene rings is 3. The summed E-state index contributed by atoms with van der Waals surface area (Å²) in [6.07, 6.45) is 0. The van der Waals surface area contributed by atoms with Crippen molar-refractivity contribution in [2.75, 3.05) is 0 Å². The maximum absolute atomic E-state index is 11.4. The first-order valence-electron chi connectivity index (χ1n) is 7.50. The van der Waals surface area contributed by atoms with Gasteiger partial charge in [-0.05, 0) is 35.7 Å². The lowest BCUT2D eigenvalue weighted by Crippen LogP contribution is -1.98. The smallest absolute Gasteiger partial charge is 0.294 e. The number of aromatic hydroxyl groups is 3. The molecule has 152 valence electrons. The minimum atomic E-state index is -4.63. The van der Waals surface area contributed by atoms with Crippen LogP contribution in [0.2, 0.25) is 5.02 Å². The zero-order valence-electron chi connectivity index (χ0n) is 14.0. The summed E-state index contributed by atoms with van der Waals surface area (Å²) >= 11 is 6.19. The van der Waals surface area contributed by atoms with Crippen molar-refractivity contribution in [2.24, 2.45) is 10.2 Å². The minimum Gasteiger partial charge on any atom is -0.507 e. The van der Waals surface area contributed by atoms with Crippen molar-refractivity contribution in [3.8, 4) is 17.2 Å². The van der Waals surface area contributed by atoms with E-state index in [9.17, 15) is 28.3 Å². The summed E-state index contributed by atoms with van der Waals surface area (Å²) in [7, 11) is -4.63. The Kier molecular flexibility index (Phi) is 5.84. The molecule has 0 bridgehead atoms. The average molecular weight is 459 g/mol. The number of azo groups is 1. The molecule has 0 fully saturated rings. The molecule has 0 unspecified atom stereocenters. The quantitative estimate of drug-likeness (QED) is 0.119. The van der Waals surface area contributed by atoms with Gasteiger partial charge in [-0.3, -0.25) is 4.55 Å². The van der Waals surface area contributed by atoms with Gasteiger partial charge in [0.05, 0.1) is 27.2 Å². The molecular weight excluding hydrogens is 448 g/mol. The lowest BCUT2D eigenvalue weighted by Gasteiger charge is -2.11. The first-order valence-corrected chi connectivity index (χ1v) is 10.1. The van der Waals surface area contributed by atoms with Crippen LogP contribution in [0.25, 0.3) is 10.8 Å². The standard InChI is InChI=1S/C16H11ClN2O8S2/c17-8-1-2-11(20)10(5-8)18-19-15-13(28-27-23)4-7-3-9(29(24,25)26)6-12(21)14(7)16(15)22/h1-6,20-23H,(H,24,25,26). The van der Waals surface area contributed by atoms with Gasteiger partial charge in [-0.25, -0.2) is 5.26 Å². The van der Waals surface area contributed by atoms with Gasteiger partial charge in [0.25, 0.3) is 10.1 Å². The molecule has 0 heterocycles. The number of hydrogen-bond acceptors (Lipinski definition) is 10. The van der Waals surface area contributed by atoms with Gasteiger partial charge in [0, 0.05) is 11.1 Å². The number of phenolic OH excluding ortho intramolecular Hbond substituents is 3. The molecule has 3 aromatic rings. The summed E-state index contributed by atoms with van der Waals surface area (Å²) in [6.45, 7) is 0. The molecule has 10 nitrogen and oxygen atoms in total. The molecule has 0 radical (unpaired) electrons. The maximum Gasteiger partial charge on any atom is 0.294 e. The topological polar surface area (TPSA) is 169 Å². The molecule has 29 heavy (non-hydrogen) atoms. The monoisotopic (exact) mass is 458 g/mol. The molecule has 0 aliphatic rings. The highest BCUT2D eigenvalue weighted by Crippen LogP contribution is 2.47. The number of phenols is 3. The summed E-state index contributed by atoms with van der Waals surface area (Å²) in [6, 6.07) is 6.99. The van der Waals surface area contributed by atoms with E-state index in [0.717, 1.165) is 12.1 Å². The van der Waals surface area contributed by atoms with Crippen molar-refractivity contribution in [2.45, 2.75) is 9.79 Å². The van der Waals surface area contributed by atoms with E-state index in [1.807, 2.05) is 0 Å².